The van der Waals surface area contributed by atoms with Gasteiger partial charge in [-0.1, -0.05) is 35.6 Å². The minimum Gasteiger partial charge on any atom is -0.369 e. The van der Waals surface area contributed by atoms with E-state index in [1.165, 1.54) is 0 Å². The standard InChI is InChI=1S/C26H37N7OS/c1-7-27-25(34)31-18(4)20-10-8-9-11-21(20)22-14-19(15-24(32-22)28-12-13-33(5)6)23-16-29-26(35-23)30-17(2)3/h8-11,14-18H,7,12-13H2,1-6H3,(H,28,32)(H,29,30)(H2,27,31,34)/t18-/m0/s1. The maximum Gasteiger partial charge on any atom is 0.315 e. The molecule has 0 aliphatic heterocycles. The summed E-state index contributed by atoms with van der Waals surface area (Å²) in [6.45, 7) is 10.4. The van der Waals surface area contributed by atoms with E-state index in [-0.39, 0.29) is 12.1 Å². The van der Waals surface area contributed by atoms with Crippen LogP contribution in [0.3, 0.4) is 0 Å². The van der Waals surface area contributed by atoms with E-state index in [9.17, 15) is 4.79 Å². The summed E-state index contributed by atoms with van der Waals surface area (Å²) in [5, 5.41) is 13.6. The Hall–Kier alpha value is -3.17. The number of amides is 2. The van der Waals surface area contributed by atoms with Crippen molar-refractivity contribution in [2.75, 3.05) is 44.4 Å². The van der Waals surface area contributed by atoms with E-state index in [0.717, 1.165) is 51.3 Å². The molecule has 0 aliphatic carbocycles. The third-order valence-corrected chi connectivity index (χ3v) is 6.26. The highest BCUT2D eigenvalue weighted by atomic mass is 32.1. The van der Waals surface area contributed by atoms with Gasteiger partial charge in [-0.15, -0.1) is 0 Å². The van der Waals surface area contributed by atoms with E-state index >= 15 is 0 Å². The largest absolute Gasteiger partial charge is 0.369 e. The van der Waals surface area contributed by atoms with Gasteiger partial charge >= 0.3 is 6.03 Å². The highest BCUT2D eigenvalue weighted by Gasteiger charge is 2.17. The number of urea groups is 1. The topological polar surface area (TPSA) is 94.2 Å². The average molecular weight is 496 g/mol. The fourth-order valence-electron chi connectivity index (χ4n) is 3.62. The van der Waals surface area contributed by atoms with Gasteiger partial charge in [-0.25, -0.2) is 14.8 Å². The van der Waals surface area contributed by atoms with Crippen molar-refractivity contribution in [1.82, 2.24) is 25.5 Å². The molecule has 3 aromatic rings. The molecule has 2 aromatic heterocycles. The second kappa shape index (κ2) is 12.5. The summed E-state index contributed by atoms with van der Waals surface area (Å²) in [5.74, 6) is 0.810. The molecule has 188 valence electrons. The molecule has 0 saturated carbocycles. The van der Waals surface area contributed by atoms with Crippen LogP contribution in [-0.4, -0.2) is 60.7 Å². The predicted molar refractivity (Wildman–Crippen MR) is 147 cm³/mol. The van der Waals surface area contributed by atoms with Crippen LogP contribution in [0.4, 0.5) is 15.7 Å². The predicted octanol–water partition coefficient (Wildman–Crippen LogP) is 5.05. The molecule has 1 aromatic carbocycles. The zero-order chi connectivity index (χ0) is 25.4. The van der Waals surface area contributed by atoms with Crippen LogP contribution in [0.2, 0.25) is 0 Å². The molecule has 2 amide bonds. The number of aromatic nitrogens is 2. The van der Waals surface area contributed by atoms with Crippen LogP contribution < -0.4 is 21.3 Å². The number of hydrogen-bond donors (Lipinski definition) is 4. The minimum atomic E-state index is -0.183. The van der Waals surface area contributed by atoms with Crippen molar-refractivity contribution in [2.24, 2.45) is 0 Å². The quantitative estimate of drug-likeness (QED) is 0.298. The number of carbonyl (C=O) groups excluding carboxylic acids is 1. The summed E-state index contributed by atoms with van der Waals surface area (Å²) in [6, 6.07) is 12.2. The van der Waals surface area contributed by atoms with Crippen LogP contribution in [0.25, 0.3) is 21.7 Å². The van der Waals surface area contributed by atoms with Gasteiger partial charge in [0.1, 0.15) is 5.82 Å². The molecule has 35 heavy (non-hydrogen) atoms. The third-order valence-electron chi connectivity index (χ3n) is 5.28. The van der Waals surface area contributed by atoms with Crippen molar-refractivity contribution in [3.63, 3.8) is 0 Å². The molecule has 0 radical (unpaired) electrons. The maximum absolute atomic E-state index is 12.2. The first kappa shape index (κ1) is 26.4. The number of benzene rings is 1. The monoisotopic (exact) mass is 495 g/mol. The van der Waals surface area contributed by atoms with Gasteiger partial charge in [0.05, 0.1) is 16.6 Å². The Morgan fingerprint density at radius 3 is 2.63 bits per heavy atom. The number of thiazole rings is 1. The van der Waals surface area contributed by atoms with Gasteiger partial charge in [0.25, 0.3) is 0 Å². The lowest BCUT2D eigenvalue weighted by Gasteiger charge is -2.19. The zero-order valence-electron chi connectivity index (χ0n) is 21.5. The highest BCUT2D eigenvalue weighted by molar-refractivity contribution is 7.18. The number of likely N-dealkylation sites (N-methyl/N-ethyl adjacent to an activating group) is 1. The second-order valence-electron chi connectivity index (χ2n) is 9.00. The molecule has 1 atom stereocenters. The van der Waals surface area contributed by atoms with Crippen LogP contribution in [0, 0.1) is 0 Å². The molecular formula is C26H37N7OS. The third kappa shape index (κ3) is 7.66. The molecule has 2 heterocycles. The highest BCUT2D eigenvalue weighted by Crippen LogP contribution is 2.35. The van der Waals surface area contributed by atoms with Gasteiger partial charge in [0.2, 0.25) is 0 Å². The van der Waals surface area contributed by atoms with Gasteiger partial charge < -0.3 is 26.2 Å². The molecule has 0 saturated heterocycles. The number of hydrogen-bond acceptors (Lipinski definition) is 7. The Morgan fingerprint density at radius 2 is 1.91 bits per heavy atom. The van der Waals surface area contributed by atoms with E-state index < -0.39 is 0 Å². The fraction of sp³-hybridized carbons (Fsp3) is 0.423. The summed E-state index contributed by atoms with van der Waals surface area (Å²) < 4.78 is 0. The molecule has 4 N–H and O–H groups in total. The van der Waals surface area contributed by atoms with E-state index in [1.807, 2.05) is 38.2 Å². The van der Waals surface area contributed by atoms with E-state index in [0.29, 0.717) is 12.6 Å². The summed E-state index contributed by atoms with van der Waals surface area (Å²) in [6.07, 6.45) is 1.91. The molecule has 3 rings (SSSR count). The first-order valence-electron chi connectivity index (χ1n) is 12.0. The molecule has 0 bridgehead atoms. The van der Waals surface area contributed by atoms with Gasteiger partial charge in [0, 0.05) is 37.4 Å². The van der Waals surface area contributed by atoms with E-state index in [4.69, 9.17) is 4.98 Å². The number of anilines is 2. The number of nitrogens with one attached hydrogen (secondary N) is 4. The summed E-state index contributed by atoms with van der Waals surface area (Å²) in [4.78, 5) is 24.9. The van der Waals surface area contributed by atoms with Crippen molar-refractivity contribution in [3.05, 3.63) is 48.2 Å². The lowest BCUT2D eigenvalue weighted by molar-refractivity contribution is 0.238. The number of nitrogens with zero attached hydrogens (tertiary/aromatic N) is 3. The Morgan fingerprint density at radius 1 is 1.14 bits per heavy atom. The Kier molecular flexibility index (Phi) is 9.45. The van der Waals surface area contributed by atoms with Crippen molar-refractivity contribution in [1.29, 1.82) is 0 Å². The number of rotatable bonds is 11. The van der Waals surface area contributed by atoms with Crippen molar-refractivity contribution in [3.8, 4) is 21.7 Å². The molecule has 9 heteroatoms. The van der Waals surface area contributed by atoms with Crippen LogP contribution in [0.5, 0.6) is 0 Å². The van der Waals surface area contributed by atoms with Crippen LogP contribution in [-0.2, 0) is 0 Å². The molecular weight excluding hydrogens is 458 g/mol. The molecule has 0 aliphatic rings. The number of carbonyl (C=O) groups is 1. The van der Waals surface area contributed by atoms with Gasteiger partial charge in [-0.05, 0) is 65.0 Å². The summed E-state index contributed by atoms with van der Waals surface area (Å²) in [5.41, 5.74) is 3.89. The van der Waals surface area contributed by atoms with E-state index in [1.54, 1.807) is 11.3 Å². The Balaban J connectivity index is 2.00. The first-order valence-corrected chi connectivity index (χ1v) is 12.9. The van der Waals surface area contributed by atoms with Crippen molar-refractivity contribution >= 4 is 28.3 Å². The average Bonchev–Trinajstić information content (AvgIpc) is 3.26. The zero-order valence-corrected chi connectivity index (χ0v) is 22.3. The van der Waals surface area contributed by atoms with Crippen molar-refractivity contribution in [2.45, 2.75) is 39.8 Å². The fourth-order valence-corrected chi connectivity index (χ4v) is 4.57. The minimum absolute atomic E-state index is 0.182. The van der Waals surface area contributed by atoms with Crippen LogP contribution in [0.1, 0.15) is 39.3 Å². The second-order valence-corrected chi connectivity index (χ2v) is 10.0. The normalized spacial score (nSPS) is 12.0. The maximum atomic E-state index is 12.2. The lowest BCUT2D eigenvalue weighted by atomic mass is 9.97. The van der Waals surface area contributed by atoms with Gasteiger partial charge in [0.15, 0.2) is 5.13 Å². The lowest BCUT2D eigenvalue weighted by Crippen LogP contribution is -2.36. The van der Waals surface area contributed by atoms with Crippen LogP contribution in [0.15, 0.2) is 42.6 Å². The van der Waals surface area contributed by atoms with Gasteiger partial charge in [-0.2, -0.15) is 0 Å². The Bertz CT molecular complexity index is 1110. The number of pyridine rings is 1. The van der Waals surface area contributed by atoms with E-state index in [2.05, 4.69) is 77.3 Å². The Labute approximate surface area is 212 Å². The first-order chi connectivity index (χ1) is 16.8. The van der Waals surface area contributed by atoms with Crippen molar-refractivity contribution < 1.29 is 4.79 Å². The molecule has 0 unspecified atom stereocenters. The van der Waals surface area contributed by atoms with Gasteiger partial charge in [-0.3, -0.25) is 0 Å². The molecule has 0 spiro atoms. The summed E-state index contributed by atoms with van der Waals surface area (Å²) in [7, 11) is 4.10. The molecule has 0 fully saturated rings. The molecule has 8 nitrogen and oxygen atoms in total. The smallest absolute Gasteiger partial charge is 0.315 e. The SMILES string of the molecule is CCNC(=O)N[C@@H](C)c1ccccc1-c1cc(-c2cnc(NC(C)C)s2)cc(NCCN(C)C)n1. The van der Waals surface area contributed by atoms with Crippen LogP contribution >= 0.6 is 11.3 Å². The summed E-state index contributed by atoms with van der Waals surface area (Å²) >= 11 is 1.63.